The SMILES string of the molecule is C=CC(=O)Nc1cc(OC)ccc1Nc1nc(Nc2ccc(N(CCN)C(C)=O)cc2OC)ncc1Cl. The van der Waals surface area contributed by atoms with Gasteiger partial charge in [0.05, 0.1) is 37.5 Å². The van der Waals surface area contributed by atoms with Gasteiger partial charge in [-0.3, -0.25) is 9.59 Å². The molecule has 0 aliphatic heterocycles. The summed E-state index contributed by atoms with van der Waals surface area (Å²) in [5.74, 6) is 1.02. The number of ether oxygens (including phenoxy) is 2. The summed E-state index contributed by atoms with van der Waals surface area (Å²) in [5.41, 5.74) is 7.82. The summed E-state index contributed by atoms with van der Waals surface area (Å²) in [5, 5.41) is 9.19. The van der Waals surface area contributed by atoms with E-state index in [1.807, 2.05) is 0 Å². The molecule has 0 bridgehead atoms. The Labute approximate surface area is 219 Å². The average Bonchev–Trinajstić information content (AvgIpc) is 2.90. The van der Waals surface area contributed by atoms with Gasteiger partial charge in [-0.1, -0.05) is 18.2 Å². The lowest BCUT2D eigenvalue weighted by atomic mass is 10.2. The van der Waals surface area contributed by atoms with Gasteiger partial charge in [0.2, 0.25) is 17.8 Å². The Morgan fingerprint density at radius 2 is 1.86 bits per heavy atom. The van der Waals surface area contributed by atoms with Crippen LogP contribution in [0.15, 0.2) is 55.3 Å². The number of aromatic nitrogens is 2. The Kier molecular flexibility index (Phi) is 9.25. The van der Waals surface area contributed by atoms with Gasteiger partial charge in [-0.05, 0) is 30.3 Å². The first-order valence-electron chi connectivity index (χ1n) is 11.1. The van der Waals surface area contributed by atoms with E-state index in [9.17, 15) is 9.59 Å². The first-order valence-corrected chi connectivity index (χ1v) is 11.5. The summed E-state index contributed by atoms with van der Waals surface area (Å²) in [4.78, 5) is 34.2. The van der Waals surface area contributed by atoms with Gasteiger partial charge in [0, 0.05) is 37.8 Å². The Morgan fingerprint density at radius 1 is 1.11 bits per heavy atom. The minimum atomic E-state index is -0.391. The average molecular weight is 526 g/mol. The van der Waals surface area contributed by atoms with Gasteiger partial charge in [-0.25, -0.2) is 4.98 Å². The van der Waals surface area contributed by atoms with Gasteiger partial charge in [0.15, 0.2) is 5.82 Å². The van der Waals surface area contributed by atoms with Gasteiger partial charge in [0.25, 0.3) is 0 Å². The molecule has 1 heterocycles. The number of carbonyl (C=O) groups excluding carboxylic acids is 2. The molecular weight excluding hydrogens is 498 g/mol. The molecule has 37 heavy (non-hydrogen) atoms. The van der Waals surface area contributed by atoms with E-state index in [-0.39, 0.29) is 16.9 Å². The molecular formula is C25H28ClN7O4. The van der Waals surface area contributed by atoms with E-state index in [2.05, 4.69) is 32.5 Å². The van der Waals surface area contributed by atoms with Crippen LogP contribution >= 0.6 is 11.6 Å². The number of nitrogens with two attached hydrogens (primary N) is 1. The van der Waals surface area contributed by atoms with E-state index in [1.165, 1.54) is 27.3 Å². The highest BCUT2D eigenvalue weighted by molar-refractivity contribution is 6.33. The minimum absolute atomic E-state index is 0.132. The molecule has 0 unspecified atom stereocenters. The van der Waals surface area contributed by atoms with E-state index in [4.69, 9.17) is 26.8 Å². The van der Waals surface area contributed by atoms with Crippen molar-refractivity contribution in [3.63, 3.8) is 0 Å². The van der Waals surface area contributed by atoms with Crippen molar-refractivity contribution >= 4 is 57.9 Å². The van der Waals surface area contributed by atoms with E-state index < -0.39 is 5.91 Å². The largest absolute Gasteiger partial charge is 0.497 e. The summed E-state index contributed by atoms with van der Waals surface area (Å²) in [7, 11) is 3.04. The molecule has 0 aliphatic carbocycles. The van der Waals surface area contributed by atoms with Gasteiger partial charge in [0.1, 0.15) is 16.5 Å². The maximum atomic E-state index is 12.0. The fourth-order valence-electron chi connectivity index (χ4n) is 3.36. The summed E-state index contributed by atoms with van der Waals surface area (Å²) in [6.45, 7) is 5.65. The minimum Gasteiger partial charge on any atom is -0.497 e. The summed E-state index contributed by atoms with van der Waals surface area (Å²) in [6.07, 6.45) is 2.59. The lowest BCUT2D eigenvalue weighted by Gasteiger charge is -2.22. The molecule has 0 atom stereocenters. The van der Waals surface area contributed by atoms with Crippen LogP contribution in [-0.4, -0.2) is 49.1 Å². The fourth-order valence-corrected chi connectivity index (χ4v) is 3.50. The van der Waals surface area contributed by atoms with Crippen molar-refractivity contribution < 1.29 is 19.1 Å². The molecule has 194 valence electrons. The molecule has 0 fully saturated rings. The number of amides is 2. The first-order chi connectivity index (χ1) is 17.8. The van der Waals surface area contributed by atoms with Gasteiger partial charge >= 0.3 is 0 Å². The fraction of sp³-hybridized carbons (Fsp3) is 0.200. The third kappa shape index (κ3) is 6.87. The highest BCUT2D eigenvalue weighted by atomic mass is 35.5. The number of methoxy groups -OCH3 is 2. The second-order valence-electron chi connectivity index (χ2n) is 7.59. The molecule has 0 spiro atoms. The maximum absolute atomic E-state index is 12.0. The molecule has 1 aromatic heterocycles. The number of halogens is 1. The number of nitrogens with one attached hydrogen (secondary N) is 3. The van der Waals surface area contributed by atoms with Gasteiger partial charge in [-0.15, -0.1) is 0 Å². The van der Waals surface area contributed by atoms with Crippen LogP contribution < -0.4 is 36.1 Å². The zero-order valence-corrected chi connectivity index (χ0v) is 21.4. The highest BCUT2D eigenvalue weighted by Crippen LogP contribution is 2.34. The van der Waals surface area contributed by atoms with Crippen LogP contribution in [0, 0.1) is 0 Å². The van der Waals surface area contributed by atoms with E-state index in [0.29, 0.717) is 53.2 Å². The van der Waals surface area contributed by atoms with Gasteiger partial charge in [-0.2, -0.15) is 4.98 Å². The van der Waals surface area contributed by atoms with Crippen molar-refractivity contribution in [2.24, 2.45) is 5.73 Å². The molecule has 0 saturated carbocycles. The van der Waals surface area contributed by atoms with Crippen LogP contribution in [0.2, 0.25) is 5.02 Å². The first kappa shape index (κ1) is 27.2. The van der Waals surface area contributed by atoms with E-state index >= 15 is 0 Å². The monoisotopic (exact) mass is 525 g/mol. The Balaban J connectivity index is 1.90. The Morgan fingerprint density at radius 3 is 2.51 bits per heavy atom. The quantitative estimate of drug-likeness (QED) is 0.272. The van der Waals surface area contributed by atoms with Crippen LogP contribution in [-0.2, 0) is 9.59 Å². The molecule has 3 rings (SSSR count). The molecule has 2 amide bonds. The number of hydrogen-bond acceptors (Lipinski definition) is 9. The van der Waals surface area contributed by atoms with Gasteiger partial charge < -0.3 is 36.1 Å². The van der Waals surface area contributed by atoms with Crippen molar-refractivity contribution in [2.75, 3.05) is 48.2 Å². The number of nitrogens with zero attached hydrogens (tertiary/aromatic N) is 3. The standard InChI is InChI=1S/C25H28ClN7O4/c1-5-23(35)29-21-13-17(36-3)7-9-19(21)30-24-18(26)14-28-25(32-24)31-20-8-6-16(12-22(20)37-4)33(11-10-27)15(2)34/h5-9,12-14H,1,10-11,27H2,2-4H3,(H,29,35)(H2,28,30,31,32). The smallest absolute Gasteiger partial charge is 0.247 e. The third-order valence-electron chi connectivity index (χ3n) is 5.14. The maximum Gasteiger partial charge on any atom is 0.247 e. The van der Waals surface area contributed by atoms with Crippen molar-refractivity contribution in [3.8, 4) is 11.5 Å². The molecule has 3 aromatic rings. The van der Waals surface area contributed by atoms with Crippen molar-refractivity contribution in [1.82, 2.24) is 9.97 Å². The van der Waals surface area contributed by atoms with Crippen LogP contribution in [0.1, 0.15) is 6.92 Å². The molecule has 12 heteroatoms. The van der Waals surface area contributed by atoms with Crippen LogP contribution in [0.4, 0.5) is 34.5 Å². The predicted octanol–water partition coefficient (Wildman–Crippen LogP) is 4.07. The van der Waals surface area contributed by atoms with Crippen molar-refractivity contribution in [3.05, 3.63) is 60.3 Å². The van der Waals surface area contributed by atoms with Crippen LogP contribution in [0.3, 0.4) is 0 Å². The van der Waals surface area contributed by atoms with E-state index in [0.717, 1.165) is 6.08 Å². The lowest BCUT2D eigenvalue weighted by molar-refractivity contribution is -0.116. The second kappa shape index (κ2) is 12.6. The summed E-state index contributed by atoms with van der Waals surface area (Å²) >= 11 is 6.35. The molecule has 11 nitrogen and oxygen atoms in total. The number of anilines is 6. The zero-order chi connectivity index (χ0) is 26.9. The van der Waals surface area contributed by atoms with Crippen molar-refractivity contribution in [1.29, 1.82) is 0 Å². The Hall–Kier alpha value is -4.35. The summed E-state index contributed by atoms with van der Waals surface area (Å²) in [6, 6.07) is 10.3. The number of benzene rings is 2. The Bertz CT molecular complexity index is 1300. The number of hydrogen-bond donors (Lipinski definition) is 4. The molecule has 5 N–H and O–H groups in total. The lowest BCUT2D eigenvalue weighted by Crippen LogP contribution is -2.33. The normalized spacial score (nSPS) is 10.3. The van der Waals surface area contributed by atoms with Crippen LogP contribution in [0.25, 0.3) is 0 Å². The number of carbonyl (C=O) groups is 2. The zero-order valence-electron chi connectivity index (χ0n) is 20.7. The molecule has 0 saturated heterocycles. The highest BCUT2D eigenvalue weighted by Gasteiger charge is 2.15. The molecule has 0 radical (unpaired) electrons. The molecule has 2 aromatic carbocycles. The third-order valence-corrected chi connectivity index (χ3v) is 5.42. The van der Waals surface area contributed by atoms with Crippen molar-refractivity contribution in [2.45, 2.75) is 6.92 Å². The van der Waals surface area contributed by atoms with Crippen LogP contribution in [0.5, 0.6) is 11.5 Å². The molecule has 0 aliphatic rings. The topological polar surface area (TPSA) is 144 Å². The predicted molar refractivity (Wildman–Crippen MR) is 146 cm³/mol. The summed E-state index contributed by atoms with van der Waals surface area (Å²) < 4.78 is 10.8. The number of rotatable bonds is 11. The van der Waals surface area contributed by atoms with E-state index in [1.54, 1.807) is 41.3 Å². The second-order valence-corrected chi connectivity index (χ2v) is 8.00.